The zero-order valence-corrected chi connectivity index (χ0v) is 11.3. The van der Waals surface area contributed by atoms with Crippen LogP contribution in [0.4, 0.5) is 10.5 Å². The first kappa shape index (κ1) is 14.3. The van der Waals surface area contributed by atoms with Gasteiger partial charge < -0.3 is 15.7 Å². The van der Waals surface area contributed by atoms with Crippen molar-refractivity contribution < 1.29 is 14.7 Å². The molecular weight excluding hydrogens is 258 g/mol. The van der Waals surface area contributed by atoms with Crippen LogP contribution >= 0.6 is 0 Å². The molecule has 0 radical (unpaired) electrons. The van der Waals surface area contributed by atoms with Crippen LogP contribution in [0, 0.1) is 5.92 Å². The molecular formula is C14H19N3O3. The number of amides is 2. The third kappa shape index (κ3) is 4.53. The first-order chi connectivity index (χ1) is 9.63. The molecule has 1 aromatic rings. The molecule has 20 heavy (non-hydrogen) atoms. The van der Waals surface area contributed by atoms with Crippen molar-refractivity contribution in [1.82, 2.24) is 10.3 Å². The van der Waals surface area contributed by atoms with E-state index in [9.17, 15) is 9.59 Å². The Morgan fingerprint density at radius 2 is 2.05 bits per heavy atom. The van der Waals surface area contributed by atoms with Crippen molar-refractivity contribution >= 4 is 17.7 Å². The molecule has 1 saturated carbocycles. The zero-order chi connectivity index (χ0) is 14.4. The van der Waals surface area contributed by atoms with Crippen LogP contribution in [0.5, 0.6) is 0 Å². The Morgan fingerprint density at radius 1 is 1.30 bits per heavy atom. The average molecular weight is 277 g/mol. The Balaban J connectivity index is 1.76. The minimum absolute atomic E-state index is 0.117. The molecule has 6 nitrogen and oxygen atoms in total. The van der Waals surface area contributed by atoms with Crippen molar-refractivity contribution in [2.24, 2.45) is 5.92 Å². The molecule has 2 amide bonds. The molecule has 0 saturated heterocycles. The van der Waals surface area contributed by atoms with Crippen LogP contribution in [-0.2, 0) is 11.2 Å². The third-order valence-electron chi connectivity index (χ3n) is 3.44. The highest BCUT2D eigenvalue weighted by Crippen LogP contribution is 2.23. The summed E-state index contributed by atoms with van der Waals surface area (Å²) in [5.74, 6) is -0.329. The number of hydrogen-bond donors (Lipinski definition) is 3. The van der Waals surface area contributed by atoms with Crippen LogP contribution in [-0.4, -0.2) is 28.6 Å². The van der Waals surface area contributed by atoms with Gasteiger partial charge in [-0.05, 0) is 30.9 Å². The summed E-state index contributed by atoms with van der Waals surface area (Å²) >= 11 is 0. The normalized spacial score (nSPS) is 15.0. The summed E-state index contributed by atoms with van der Waals surface area (Å²) in [6.45, 7) is 0.705. The highest BCUT2D eigenvalue weighted by atomic mass is 16.4. The van der Waals surface area contributed by atoms with Crippen molar-refractivity contribution in [1.29, 1.82) is 0 Å². The van der Waals surface area contributed by atoms with Gasteiger partial charge in [0.05, 0.1) is 24.0 Å². The number of hydrogen-bond acceptors (Lipinski definition) is 3. The van der Waals surface area contributed by atoms with Crippen LogP contribution < -0.4 is 10.6 Å². The number of nitrogens with zero attached hydrogens (tertiary/aromatic N) is 1. The maximum Gasteiger partial charge on any atom is 0.319 e. The molecule has 3 N–H and O–H groups in total. The molecule has 0 aliphatic heterocycles. The van der Waals surface area contributed by atoms with E-state index < -0.39 is 5.97 Å². The standard InChI is InChI=1S/C14H19N3O3/c18-13(19)7-11-5-6-12(9-15-11)17-14(20)16-8-10-3-1-2-4-10/h5-6,9-10H,1-4,7-8H2,(H,18,19)(H2,16,17,20). The van der Waals surface area contributed by atoms with Gasteiger partial charge in [0.15, 0.2) is 0 Å². The predicted molar refractivity (Wildman–Crippen MR) is 74.6 cm³/mol. The lowest BCUT2D eigenvalue weighted by Crippen LogP contribution is -2.32. The summed E-state index contributed by atoms with van der Waals surface area (Å²) in [4.78, 5) is 26.2. The first-order valence-corrected chi connectivity index (χ1v) is 6.85. The predicted octanol–water partition coefficient (Wildman–Crippen LogP) is 2.02. The van der Waals surface area contributed by atoms with Crippen LogP contribution in [0.1, 0.15) is 31.4 Å². The van der Waals surface area contributed by atoms with Gasteiger partial charge in [0, 0.05) is 6.54 Å². The summed E-state index contributed by atoms with van der Waals surface area (Å²) in [6, 6.07) is 3.01. The molecule has 0 unspecified atom stereocenters. The molecule has 1 heterocycles. The maximum atomic E-state index is 11.7. The molecule has 1 aliphatic rings. The Hall–Kier alpha value is -2.11. The van der Waals surface area contributed by atoms with Crippen LogP contribution in [0.15, 0.2) is 18.3 Å². The van der Waals surface area contributed by atoms with Crippen LogP contribution in [0.25, 0.3) is 0 Å². The van der Waals surface area contributed by atoms with Gasteiger partial charge in [0.25, 0.3) is 0 Å². The van der Waals surface area contributed by atoms with Gasteiger partial charge in [-0.1, -0.05) is 12.8 Å². The fourth-order valence-corrected chi connectivity index (χ4v) is 2.38. The van der Waals surface area contributed by atoms with E-state index >= 15 is 0 Å². The van der Waals surface area contributed by atoms with Gasteiger partial charge in [-0.25, -0.2) is 4.79 Å². The van der Waals surface area contributed by atoms with Gasteiger partial charge in [-0.2, -0.15) is 0 Å². The van der Waals surface area contributed by atoms with E-state index in [1.807, 2.05) is 0 Å². The number of anilines is 1. The molecule has 1 fully saturated rings. The van der Waals surface area contributed by atoms with Gasteiger partial charge in [0.1, 0.15) is 0 Å². The fourth-order valence-electron chi connectivity index (χ4n) is 2.38. The van der Waals surface area contributed by atoms with Gasteiger partial charge >= 0.3 is 12.0 Å². The van der Waals surface area contributed by atoms with Crippen molar-refractivity contribution in [3.8, 4) is 0 Å². The fraction of sp³-hybridized carbons (Fsp3) is 0.500. The van der Waals surface area contributed by atoms with E-state index in [2.05, 4.69) is 15.6 Å². The lowest BCUT2D eigenvalue weighted by molar-refractivity contribution is -0.136. The number of carboxylic acid groups (broad SMARTS) is 1. The Labute approximate surface area is 117 Å². The summed E-state index contributed by atoms with van der Waals surface area (Å²) in [7, 11) is 0. The van der Waals surface area contributed by atoms with Crippen molar-refractivity contribution in [3.63, 3.8) is 0 Å². The molecule has 0 bridgehead atoms. The number of nitrogens with one attached hydrogen (secondary N) is 2. The van der Waals surface area contributed by atoms with Gasteiger partial charge in [0.2, 0.25) is 0 Å². The average Bonchev–Trinajstić information content (AvgIpc) is 2.91. The quantitative estimate of drug-likeness (QED) is 0.768. The Bertz CT molecular complexity index is 467. The third-order valence-corrected chi connectivity index (χ3v) is 3.44. The number of aromatic nitrogens is 1. The lowest BCUT2D eigenvalue weighted by atomic mass is 10.1. The van der Waals surface area contributed by atoms with Crippen LogP contribution in [0.3, 0.4) is 0 Å². The monoisotopic (exact) mass is 277 g/mol. The summed E-state index contributed by atoms with van der Waals surface area (Å²) < 4.78 is 0. The largest absolute Gasteiger partial charge is 0.481 e. The Morgan fingerprint density at radius 3 is 2.65 bits per heavy atom. The van der Waals surface area contributed by atoms with Gasteiger partial charge in [-0.3, -0.25) is 9.78 Å². The topological polar surface area (TPSA) is 91.3 Å². The minimum atomic E-state index is -0.924. The Kier molecular flexibility index (Phi) is 4.92. The number of urea groups is 1. The molecule has 1 aromatic heterocycles. The number of carboxylic acids is 1. The zero-order valence-electron chi connectivity index (χ0n) is 11.3. The molecule has 0 spiro atoms. The molecule has 2 rings (SSSR count). The highest BCUT2D eigenvalue weighted by Gasteiger charge is 2.15. The summed E-state index contributed by atoms with van der Waals surface area (Å²) in [5.41, 5.74) is 1.03. The maximum absolute atomic E-state index is 11.7. The van der Waals surface area contributed by atoms with Crippen LogP contribution in [0.2, 0.25) is 0 Å². The summed E-state index contributed by atoms with van der Waals surface area (Å²) in [6.07, 6.45) is 6.23. The SMILES string of the molecule is O=C(O)Cc1ccc(NC(=O)NCC2CCCC2)cn1. The number of aliphatic carboxylic acids is 1. The van der Waals surface area contributed by atoms with E-state index in [1.54, 1.807) is 12.1 Å². The second-order valence-corrected chi connectivity index (χ2v) is 5.09. The van der Waals surface area contributed by atoms with Crippen molar-refractivity contribution in [2.75, 3.05) is 11.9 Å². The van der Waals surface area contributed by atoms with E-state index in [0.717, 1.165) is 0 Å². The summed E-state index contributed by atoms with van der Waals surface area (Å²) in [5, 5.41) is 14.2. The lowest BCUT2D eigenvalue weighted by Gasteiger charge is -2.11. The second kappa shape index (κ2) is 6.88. The number of pyridine rings is 1. The first-order valence-electron chi connectivity index (χ1n) is 6.85. The number of carbonyl (C=O) groups is 2. The second-order valence-electron chi connectivity index (χ2n) is 5.09. The van der Waals surface area contributed by atoms with E-state index in [1.165, 1.54) is 31.9 Å². The molecule has 1 aliphatic carbocycles. The molecule has 6 heteroatoms. The van der Waals surface area contributed by atoms with E-state index in [0.29, 0.717) is 23.8 Å². The molecule has 0 atom stereocenters. The molecule has 0 aromatic carbocycles. The smallest absolute Gasteiger partial charge is 0.319 e. The number of rotatable bonds is 5. The van der Waals surface area contributed by atoms with Crippen molar-refractivity contribution in [3.05, 3.63) is 24.0 Å². The highest BCUT2D eigenvalue weighted by molar-refractivity contribution is 5.89. The van der Waals surface area contributed by atoms with E-state index in [4.69, 9.17) is 5.11 Å². The van der Waals surface area contributed by atoms with Gasteiger partial charge in [-0.15, -0.1) is 0 Å². The van der Waals surface area contributed by atoms with E-state index in [-0.39, 0.29) is 12.5 Å². The number of carbonyl (C=O) groups excluding carboxylic acids is 1. The minimum Gasteiger partial charge on any atom is -0.481 e. The van der Waals surface area contributed by atoms with Crippen molar-refractivity contribution in [2.45, 2.75) is 32.1 Å². The molecule has 108 valence electrons.